The van der Waals surface area contributed by atoms with E-state index in [0.717, 1.165) is 17.5 Å². The van der Waals surface area contributed by atoms with Crippen LogP contribution in [0.15, 0.2) is 84.9 Å². The lowest BCUT2D eigenvalue weighted by Gasteiger charge is -2.24. The Bertz CT molecular complexity index is 1020. The molecule has 0 bridgehead atoms. The molecule has 0 unspecified atom stereocenters. The van der Waals surface area contributed by atoms with Crippen molar-refractivity contribution < 1.29 is 9.59 Å². The minimum atomic E-state index is -0.00788. The van der Waals surface area contributed by atoms with Crippen LogP contribution in [0.4, 0.5) is 0 Å². The van der Waals surface area contributed by atoms with Gasteiger partial charge in [0.1, 0.15) is 5.37 Å². The number of hydrogen-bond donors (Lipinski definition) is 0. The minimum absolute atomic E-state index is 0.00223. The molecular weight excluding hydrogens is 404 g/mol. The summed E-state index contributed by atoms with van der Waals surface area (Å²) >= 11 is 1.65. The Labute approximate surface area is 187 Å². The van der Waals surface area contributed by atoms with Crippen LogP contribution < -0.4 is 0 Å². The summed E-state index contributed by atoms with van der Waals surface area (Å²) in [6.45, 7) is 1.27. The van der Waals surface area contributed by atoms with Crippen molar-refractivity contribution in [3.05, 3.63) is 107 Å². The third kappa shape index (κ3) is 5.17. The van der Waals surface area contributed by atoms with E-state index >= 15 is 0 Å². The van der Waals surface area contributed by atoms with Gasteiger partial charge >= 0.3 is 0 Å². The van der Waals surface area contributed by atoms with Crippen molar-refractivity contribution in [2.45, 2.75) is 18.3 Å². The lowest BCUT2D eigenvalue weighted by molar-refractivity contribution is -0.128. The Morgan fingerprint density at radius 2 is 1.55 bits per heavy atom. The van der Waals surface area contributed by atoms with Crippen molar-refractivity contribution in [2.24, 2.45) is 0 Å². The zero-order chi connectivity index (χ0) is 21.6. The van der Waals surface area contributed by atoms with Gasteiger partial charge < -0.3 is 9.80 Å². The van der Waals surface area contributed by atoms with Crippen LogP contribution >= 0.6 is 11.8 Å². The highest BCUT2D eigenvalue weighted by atomic mass is 32.2. The molecule has 0 aliphatic carbocycles. The molecule has 1 fully saturated rings. The second-order valence-electron chi connectivity index (χ2n) is 7.75. The van der Waals surface area contributed by atoms with Crippen molar-refractivity contribution in [2.75, 3.05) is 19.3 Å². The molecule has 1 aliphatic rings. The van der Waals surface area contributed by atoms with Gasteiger partial charge in [0.05, 0.1) is 5.75 Å². The molecule has 3 aromatic rings. The standard InChI is InChI=1S/C26H26N2O2S/c1-27(18-21-10-6-3-7-11-21)25(30)22-12-14-23(15-13-22)26-28(24(29)19-31-26)17-16-20-8-4-2-5-9-20/h2-15,26H,16-19H2,1H3/t26-/m0/s1. The van der Waals surface area contributed by atoms with Gasteiger partial charge in [0.25, 0.3) is 5.91 Å². The average molecular weight is 431 g/mol. The molecule has 1 atom stereocenters. The molecule has 0 spiro atoms. The molecule has 0 saturated carbocycles. The molecule has 5 heteroatoms. The number of benzene rings is 3. The predicted molar refractivity (Wildman–Crippen MR) is 126 cm³/mol. The highest BCUT2D eigenvalue weighted by Gasteiger charge is 2.32. The van der Waals surface area contributed by atoms with Crippen molar-refractivity contribution >= 4 is 23.6 Å². The van der Waals surface area contributed by atoms with E-state index in [1.807, 2.05) is 84.7 Å². The van der Waals surface area contributed by atoms with Gasteiger partial charge in [-0.15, -0.1) is 11.8 Å². The number of hydrogen-bond acceptors (Lipinski definition) is 3. The zero-order valence-corrected chi connectivity index (χ0v) is 18.4. The smallest absolute Gasteiger partial charge is 0.253 e. The first-order valence-electron chi connectivity index (χ1n) is 10.5. The van der Waals surface area contributed by atoms with E-state index in [-0.39, 0.29) is 17.2 Å². The summed E-state index contributed by atoms with van der Waals surface area (Å²) < 4.78 is 0. The molecule has 158 valence electrons. The number of thioether (sulfide) groups is 1. The Kier molecular flexibility index (Phi) is 6.73. The normalized spacial score (nSPS) is 15.8. The summed E-state index contributed by atoms with van der Waals surface area (Å²) in [5.74, 6) is 0.667. The second-order valence-corrected chi connectivity index (χ2v) is 8.82. The molecule has 4 rings (SSSR count). The van der Waals surface area contributed by atoms with Gasteiger partial charge in [0, 0.05) is 25.7 Å². The van der Waals surface area contributed by atoms with E-state index < -0.39 is 0 Å². The van der Waals surface area contributed by atoms with Gasteiger partial charge in [-0.3, -0.25) is 9.59 Å². The predicted octanol–water partition coefficient (Wildman–Crippen LogP) is 4.78. The lowest BCUT2D eigenvalue weighted by atomic mass is 10.1. The molecule has 1 aliphatic heterocycles. The third-order valence-corrected chi connectivity index (χ3v) is 6.76. The molecule has 3 aromatic carbocycles. The topological polar surface area (TPSA) is 40.6 Å². The van der Waals surface area contributed by atoms with Crippen molar-refractivity contribution in [1.29, 1.82) is 0 Å². The van der Waals surface area contributed by atoms with Crippen LogP contribution in [0.5, 0.6) is 0 Å². The number of carbonyl (C=O) groups excluding carboxylic acids is 2. The largest absolute Gasteiger partial charge is 0.337 e. The summed E-state index contributed by atoms with van der Waals surface area (Å²) in [5, 5.41) is 0.00223. The van der Waals surface area contributed by atoms with Crippen LogP contribution in [-0.4, -0.2) is 41.0 Å². The molecule has 0 N–H and O–H groups in total. The fourth-order valence-electron chi connectivity index (χ4n) is 3.81. The second kappa shape index (κ2) is 9.84. The summed E-state index contributed by atoms with van der Waals surface area (Å²) in [4.78, 5) is 29.0. The molecule has 2 amide bonds. The summed E-state index contributed by atoms with van der Waals surface area (Å²) in [6, 6.07) is 27.9. The van der Waals surface area contributed by atoms with E-state index in [4.69, 9.17) is 0 Å². The van der Waals surface area contributed by atoms with Gasteiger partial charge in [-0.1, -0.05) is 72.8 Å². The fourth-order valence-corrected chi connectivity index (χ4v) is 5.02. The minimum Gasteiger partial charge on any atom is -0.337 e. The third-order valence-electron chi connectivity index (χ3n) is 5.50. The fraction of sp³-hybridized carbons (Fsp3) is 0.231. The maximum Gasteiger partial charge on any atom is 0.253 e. The summed E-state index contributed by atoms with van der Waals surface area (Å²) in [6.07, 6.45) is 0.838. The van der Waals surface area contributed by atoms with E-state index in [1.54, 1.807) is 16.7 Å². The lowest BCUT2D eigenvalue weighted by Crippen LogP contribution is -2.30. The van der Waals surface area contributed by atoms with Crippen molar-refractivity contribution in [3.63, 3.8) is 0 Å². The first-order valence-corrected chi connectivity index (χ1v) is 11.5. The van der Waals surface area contributed by atoms with Crippen LogP contribution in [0, 0.1) is 0 Å². The first kappa shape index (κ1) is 21.2. The van der Waals surface area contributed by atoms with E-state index in [2.05, 4.69) is 12.1 Å². The molecule has 1 heterocycles. The van der Waals surface area contributed by atoms with Crippen molar-refractivity contribution in [1.82, 2.24) is 9.80 Å². The Hall–Kier alpha value is -3.05. The SMILES string of the molecule is CN(Cc1ccccc1)C(=O)c1ccc([C@@H]2SCC(=O)N2CCc2ccccc2)cc1. The maximum atomic E-state index is 12.8. The number of nitrogens with zero attached hydrogens (tertiary/aromatic N) is 2. The van der Waals surface area contributed by atoms with Crippen LogP contribution in [0.3, 0.4) is 0 Å². The van der Waals surface area contributed by atoms with Crippen LogP contribution in [0.1, 0.15) is 32.4 Å². The maximum absolute atomic E-state index is 12.8. The van der Waals surface area contributed by atoms with Crippen LogP contribution in [0.2, 0.25) is 0 Å². The number of rotatable bonds is 7. The molecule has 0 aromatic heterocycles. The highest BCUT2D eigenvalue weighted by molar-refractivity contribution is 8.00. The molecule has 0 radical (unpaired) electrons. The molecule has 4 nitrogen and oxygen atoms in total. The van der Waals surface area contributed by atoms with Gasteiger partial charge in [-0.05, 0) is 35.2 Å². The quantitative estimate of drug-likeness (QED) is 0.542. The van der Waals surface area contributed by atoms with Gasteiger partial charge in [0.2, 0.25) is 5.91 Å². The summed E-state index contributed by atoms with van der Waals surface area (Å²) in [5.41, 5.74) is 4.05. The number of carbonyl (C=O) groups is 2. The molecule has 31 heavy (non-hydrogen) atoms. The van der Waals surface area contributed by atoms with Crippen LogP contribution in [0.25, 0.3) is 0 Å². The Balaban J connectivity index is 1.41. The zero-order valence-electron chi connectivity index (χ0n) is 17.6. The van der Waals surface area contributed by atoms with E-state index in [9.17, 15) is 9.59 Å². The summed E-state index contributed by atoms with van der Waals surface area (Å²) in [7, 11) is 1.82. The molecular formula is C26H26N2O2S. The van der Waals surface area contributed by atoms with Gasteiger partial charge in [-0.25, -0.2) is 0 Å². The number of amides is 2. The Morgan fingerprint density at radius 3 is 2.19 bits per heavy atom. The molecule has 1 saturated heterocycles. The van der Waals surface area contributed by atoms with E-state index in [0.29, 0.717) is 24.4 Å². The van der Waals surface area contributed by atoms with E-state index in [1.165, 1.54) is 5.56 Å². The van der Waals surface area contributed by atoms with Gasteiger partial charge in [0.15, 0.2) is 0 Å². The van der Waals surface area contributed by atoms with Crippen LogP contribution in [-0.2, 0) is 17.8 Å². The van der Waals surface area contributed by atoms with Gasteiger partial charge in [-0.2, -0.15) is 0 Å². The highest BCUT2D eigenvalue weighted by Crippen LogP contribution is 2.38. The monoisotopic (exact) mass is 430 g/mol. The average Bonchev–Trinajstić information content (AvgIpc) is 3.19. The Morgan fingerprint density at radius 1 is 0.935 bits per heavy atom. The van der Waals surface area contributed by atoms with Crippen molar-refractivity contribution in [3.8, 4) is 0 Å². The first-order chi connectivity index (χ1) is 15.1.